The molecule has 6 heteroatoms. The van der Waals surface area contributed by atoms with Gasteiger partial charge in [-0.1, -0.05) is 84.9 Å². The molecule has 0 saturated heterocycles. The first kappa shape index (κ1) is 40.1. The Morgan fingerprint density at radius 3 is 2.46 bits per heavy atom. The molecule has 54 heavy (non-hydrogen) atoms. The molecule has 2 aromatic rings. The first-order chi connectivity index (χ1) is 25.9. The Balaban J connectivity index is 1.00. The Morgan fingerprint density at radius 1 is 0.926 bits per heavy atom. The summed E-state index contributed by atoms with van der Waals surface area (Å²) in [6.45, 7) is 15.2. The summed E-state index contributed by atoms with van der Waals surface area (Å²) in [5.74, 6) is 5.68. The Hall–Kier alpha value is -3.54. The van der Waals surface area contributed by atoms with E-state index in [9.17, 15) is 9.59 Å². The lowest BCUT2D eigenvalue weighted by Crippen LogP contribution is -2.51. The van der Waals surface area contributed by atoms with Gasteiger partial charge in [0, 0.05) is 18.2 Å². The van der Waals surface area contributed by atoms with Crippen LogP contribution in [0.3, 0.4) is 0 Å². The molecular formula is C48H67NO5. The van der Waals surface area contributed by atoms with Gasteiger partial charge in [0.05, 0.1) is 19.3 Å². The highest BCUT2D eigenvalue weighted by molar-refractivity contribution is 6.02. The van der Waals surface area contributed by atoms with Gasteiger partial charge in [0.25, 0.3) is 0 Å². The van der Waals surface area contributed by atoms with E-state index in [2.05, 4.69) is 52.9 Å². The van der Waals surface area contributed by atoms with Crippen molar-refractivity contribution in [1.82, 2.24) is 0 Å². The minimum Gasteiger partial charge on any atom is -0.493 e. The molecule has 294 valence electrons. The standard InChI is InChI=1S/C48H67NO5/c1-8-9-29-53-43-23-13-34(30-44(43)52-7)14-24-45(50)49-37-18-15-35(16-19-37)46(51)54-38-25-27-47(5)36(31-38)17-20-39-41-22-21-40(33(4)12-10-11-32(2)3)48(41,6)28-26-42(39)47/h13-19,23-24,30,32-33,38-42H,8-12,20-22,25-29,31H2,1-7H3,(H,49,50)/b24-14+/t33-,38?,39+,40-,41+,42+,47+,48-/m1/s1. The zero-order valence-electron chi connectivity index (χ0n) is 34.3. The fraction of sp³-hybridized carbons (Fsp3) is 0.625. The maximum atomic E-state index is 13.3. The number of benzene rings is 2. The molecule has 0 bridgehead atoms. The summed E-state index contributed by atoms with van der Waals surface area (Å²) < 4.78 is 17.4. The van der Waals surface area contributed by atoms with Crippen LogP contribution < -0.4 is 14.8 Å². The molecule has 4 aliphatic carbocycles. The van der Waals surface area contributed by atoms with E-state index in [4.69, 9.17) is 14.2 Å². The summed E-state index contributed by atoms with van der Waals surface area (Å²) >= 11 is 0. The predicted molar refractivity (Wildman–Crippen MR) is 220 cm³/mol. The van der Waals surface area contributed by atoms with Crippen molar-refractivity contribution in [2.75, 3.05) is 19.0 Å². The molecule has 0 heterocycles. The van der Waals surface area contributed by atoms with Crippen LogP contribution in [-0.4, -0.2) is 31.7 Å². The van der Waals surface area contributed by atoms with Gasteiger partial charge in [0.15, 0.2) is 11.5 Å². The second-order valence-corrected chi connectivity index (χ2v) is 18.1. The summed E-state index contributed by atoms with van der Waals surface area (Å²) in [7, 11) is 1.61. The number of hydrogen-bond donors (Lipinski definition) is 1. The molecule has 0 aliphatic heterocycles. The van der Waals surface area contributed by atoms with E-state index in [-0.39, 0.29) is 23.4 Å². The van der Waals surface area contributed by atoms with Crippen LogP contribution in [-0.2, 0) is 9.53 Å². The van der Waals surface area contributed by atoms with E-state index >= 15 is 0 Å². The summed E-state index contributed by atoms with van der Waals surface area (Å²) in [6.07, 6.45) is 21.5. The minimum absolute atomic E-state index is 0.0927. The average Bonchev–Trinajstić information content (AvgIpc) is 3.52. The second kappa shape index (κ2) is 17.5. The largest absolute Gasteiger partial charge is 0.493 e. The van der Waals surface area contributed by atoms with Crippen molar-refractivity contribution in [2.45, 2.75) is 131 Å². The van der Waals surface area contributed by atoms with E-state index in [0.29, 0.717) is 34.8 Å². The van der Waals surface area contributed by atoms with Crippen molar-refractivity contribution in [2.24, 2.45) is 46.3 Å². The lowest BCUT2D eigenvalue weighted by molar-refractivity contribution is -0.111. The maximum Gasteiger partial charge on any atom is 0.338 e. The highest BCUT2D eigenvalue weighted by atomic mass is 16.5. The Bertz CT molecular complexity index is 1660. The summed E-state index contributed by atoms with van der Waals surface area (Å²) in [5.41, 5.74) is 4.20. The van der Waals surface area contributed by atoms with Gasteiger partial charge in [-0.25, -0.2) is 4.79 Å². The van der Waals surface area contributed by atoms with Crippen molar-refractivity contribution in [3.63, 3.8) is 0 Å². The number of hydrogen-bond acceptors (Lipinski definition) is 5. The lowest BCUT2D eigenvalue weighted by Gasteiger charge is -2.58. The molecule has 0 spiro atoms. The summed E-state index contributed by atoms with van der Waals surface area (Å²) in [4.78, 5) is 26.0. The van der Waals surface area contributed by atoms with Gasteiger partial charge in [-0.05, 0) is 146 Å². The Labute approximate surface area is 325 Å². The van der Waals surface area contributed by atoms with Crippen LogP contribution in [0.4, 0.5) is 5.69 Å². The number of fused-ring (bicyclic) bond motifs is 5. The van der Waals surface area contributed by atoms with Gasteiger partial charge in [-0.3, -0.25) is 4.79 Å². The molecule has 1 amide bonds. The molecule has 3 fully saturated rings. The SMILES string of the molecule is CCCCOc1ccc(/C=C/C(=O)Nc2ccc(C(=O)OC3CC[C@@]4(C)C(=CC[C@H]5[C@@H]6CC[C@H]([C@H](C)CCCC(C)C)[C@@]6(C)CC[C@@H]54)C3)cc2)cc1OC. The quantitative estimate of drug-likeness (QED) is 0.0852. The maximum absolute atomic E-state index is 13.3. The van der Waals surface area contributed by atoms with Gasteiger partial charge < -0.3 is 19.5 Å². The van der Waals surface area contributed by atoms with E-state index in [1.165, 1.54) is 63.0 Å². The summed E-state index contributed by atoms with van der Waals surface area (Å²) in [5, 5.41) is 2.89. The van der Waals surface area contributed by atoms with E-state index in [0.717, 1.165) is 73.2 Å². The number of methoxy groups -OCH3 is 1. The molecule has 6 nitrogen and oxygen atoms in total. The highest BCUT2D eigenvalue weighted by Crippen LogP contribution is 2.67. The third-order valence-electron chi connectivity index (χ3n) is 14.3. The van der Waals surface area contributed by atoms with Crippen molar-refractivity contribution in [3.05, 3.63) is 71.3 Å². The lowest BCUT2D eigenvalue weighted by atomic mass is 9.47. The van der Waals surface area contributed by atoms with Gasteiger partial charge >= 0.3 is 5.97 Å². The van der Waals surface area contributed by atoms with Crippen molar-refractivity contribution < 1.29 is 23.8 Å². The van der Waals surface area contributed by atoms with Crippen LogP contribution in [0.25, 0.3) is 6.08 Å². The van der Waals surface area contributed by atoms with Gasteiger partial charge in [0.2, 0.25) is 5.91 Å². The van der Waals surface area contributed by atoms with E-state index in [1.807, 2.05) is 18.2 Å². The predicted octanol–water partition coefficient (Wildman–Crippen LogP) is 12.1. The molecule has 6 rings (SSSR count). The van der Waals surface area contributed by atoms with Crippen LogP contribution in [0.2, 0.25) is 0 Å². The fourth-order valence-corrected chi connectivity index (χ4v) is 11.3. The van der Waals surface area contributed by atoms with Gasteiger partial charge in [-0.15, -0.1) is 0 Å². The smallest absolute Gasteiger partial charge is 0.338 e. The number of allylic oxidation sites excluding steroid dienone is 1. The number of carbonyl (C=O) groups is 2. The number of amides is 1. The number of nitrogens with one attached hydrogen (secondary N) is 1. The van der Waals surface area contributed by atoms with Crippen LogP contribution in [0.1, 0.15) is 141 Å². The molecule has 1 unspecified atom stereocenters. The highest BCUT2D eigenvalue weighted by Gasteiger charge is 2.59. The van der Waals surface area contributed by atoms with Crippen molar-refractivity contribution in [3.8, 4) is 11.5 Å². The topological polar surface area (TPSA) is 73.9 Å². The average molecular weight is 738 g/mol. The second-order valence-electron chi connectivity index (χ2n) is 18.1. The van der Waals surface area contributed by atoms with Gasteiger partial charge in [0.1, 0.15) is 6.10 Å². The molecule has 1 N–H and O–H groups in total. The van der Waals surface area contributed by atoms with Gasteiger partial charge in [-0.2, -0.15) is 0 Å². The normalized spacial score (nSPS) is 29.5. The fourth-order valence-electron chi connectivity index (χ4n) is 11.3. The first-order valence-electron chi connectivity index (χ1n) is 21.3. The molecule has 4 aliphatic rings. The Kier molecular flexibility index (Phi) is 13.0. The van der Waals surface area contributed by atoms with Crippen LogP contribution in [0, 0.1) is 46.3 Å². The molecule has 0 aromatic heterocycles. The first-order valence-corrected chi connectivity index (χ1v) is 21.3. The number of unbranched alkanes of at least 4 members (excludes halogenated alkanes) is 1. The monoisotopic (exact) mass is 738 g/mol. The number of rotatable bonds is 15. The van der Waals surface area contributed by atoms with E-state index in [1.54, 1.807) is 37.5 Å². The third kappa shape index (κ3) is 8.79. The third-order valence-corrected chi connectivity index (χ3v) is 14.3. The van der Waals surface area contributed by atoms with E-state index < -0.39 is 0 Å². The molecule has 2 aromatic carbocycles. The number of ether oxygens (including phenoxy) is 3. The van der Waals surface area contributed by atoms with Crippen molar-refractivity contribution in [1.29, 1.82) is 0 Å². The number of anilines is 1. The van der Waals surface area contributed by atoms with Crippen LogP contribution in [0.5, 0.6) is 11.5 Å². The van der Waals surface area contributed by atoms with Crippen molar-refractivity contribution >= 4 is 23.6 Å². The molecule has 8 atom stereocenters. The van der Waals surface area contributed by atoms with Crippen LogP contribution >= 0.6 is 0 Å². The zero-order valence-corrected chi connectivity index (χ0v) is 34.3. The molecular weight excluding hydrogens is 671 g/mol. The van der Waals surface area contributed by atoms with Crippen LogP contribution in [0.15, 0.2) is 60.2 Å². The minimum atomic E-state index is -0.292. The summed E-state index contributed by atoms with van der Waals surface area (Å²) in [6, 6.07) is 12.6. The molecule has 3 saturated carbocycles. The molecule has 0 radical (unpaired) electrons. The number of carbonyl (C=O) groups excluding carboxylic acids is 2. The number of esters is 1. The zero-order chi connectivity index (χ0) is 38.5. The Morgan fingerprint density at radius 2 is 1.72 bits per heavy atom.